The number of aryl methyl sites for hydroxylation is 1. The van der Waals surface area contributed by atoms with Crippen LogP contribution >= 0.6 is 0 Å². The van der Waals surface area contributed by atoms with E-state index in [0.717, 1.165) is 24.2 Å². The van der Waals surface area contributed by atoms with Gasteiger partial charge in [-0.3, -0.25) is 4.79 Å². The molecule has 2 nitrogen and oxygen atoms in total. The van der Waals surface area contributed by atoms with E-state index in [4.69, 9.17) is 4.74 Å². The Bertz CT molecular complexity index is 396. The first-order valence-electron chi connectivity index (χ1n) is 6.10. The molecule has 1 aliphatic rings. The lowest BCUT2D eigenvalue weighted by molar-refractivity contribution is 0.0853. The molecule has 0 saturated heterocycles. The van der Waals surface area contributed by atoms with Crippen LogP contribution in [0.25, 0.3) is 0 Å². The summed E-state index contributed by atoms with van der Waals surface area (Å²) < 4.78 is 5.58. The van der Waals surface area contributed by atoms with Crippen LogP contribution in [0, 0.1) is 0 Å². The zero-order chi connectivity index (χ0) is 11.5. The average Bonchev–Trinajstić information content (AvgIpc) is 2.63. The molecular formula is C14H18O2. The maximum Gasteiger partial charge on any atom is 0.207 e. The summed E-state index contributed by atoms with van der Waals surface area (Å²) in [5.41, 5.74) is 2.02. The van der Waals surface area contributed by atoms with E-state index in [1.807, 2.05) is 19.1 Å². The minimum atomic E-state index is -0.253. The van der Waals surface area contributed by atoms with E-state index in [0.29, 0.717) is 0 Å². The van der Waals surface area contributed by atoms with Gasteiger partial charge in [-0.2, -0.15) is 0 Å². The highest BCUT2D eigenvalue weighted by Crippen LogP contribution is 2.31. The molecule has 1 atom stereocenters. The first-order valence-corrected chi connectivity index (χ1v) is 6.10. The Balaban J connectivity index is 2.21. The molecule has 0 saturated carbocycles. The molecule has 1 aromatic carbocycles. The summed E-state index contributed by atoms with van der Waals surface area (Å²) in [7, 11) is 0. The number of benzene rings is 1. The number of carbonyl (C=O) groups is 1. The number of hydrogen-bond donors (Lipinski definition) is 0. The smallest absolute Gasteiger partial charge is 0.207 e. The number of hydrogen-bond acceptors (Lipinski definition) is 2. The molecular weight excluding hydrogens is 200 g/mol. The van der Waals surface area contributed by atoms with Gasteiger partial charge in [0.1, 0.15) is 5.75 Å². The number of unbranched alkanes of at least 4 members (excludes halogenated alkanes) is 1. The molecule has 1 unspecified atom stereocenters. The summed E-state index contributed by atoms with van der Waals surface area (Å²) in [6, 6.07) is 6.01. The Kier molecular flexibility index (Phi) is 3.28. The van der Waals surface area contributed by atoms with Crippen molar-refractivity contribution in [3.63, 3.8) is 0 Å². The van der Waals surface area contributed by atoms with Crippen molar-refractivity contribution in [1.29, 1.82) is 0 Å². The summed E-state index contributed by atoms with van der Waals surface area (Å²) in [5, 5.41) is 0. The second-order valence-corrected chi connectivity index (χ2v) is 4.31. The molecule has 2 heteroatoms. The van der Waals surface area contributed by atoms with E-state index in [1.165, 1.54) is 18.4 Å². The third-order valence-electron chi connectivity index (χ3n) is 3.06. The van der Waals surface area contributed by atoms with Crippen LogP contribution in [0.5, 0.6) is 5.75 Å². The van der Waals surface area contributed by atoms with E-state index < -0.39 is 0 Å². The summed E-state index contributed by atoms with van der Waals surface area (Å²) in [4.78, 5) is 11.9. The molecule has 0 radical (unpaired) electrons. The van der Waals surface area contributed by atoms with Gasteiger partial charge in [-0.25, -0.2) is 0 Å². The van der Waals surface area contributed by atoms with Crippen LogP contribution in [0.4, 0.5) is 0 Å². The van der Waals surface area contributed by atoms with Crippen molar-refractivity contribution in [2.24, 2.45) is 0 Å². The van der Waals surface area contributed by atoms with Gasteiger partial charge in [0.25, 0.3) is 0 Å². The molecule has 1 aliphatic heterocycles. The SMILES string of the molecule is CCCCc1ccc2c(c1)C(=O)C(CC)O2. The van der Waals surface area contributed by atoms with Crippen LogP contribution in [0.3, 0.4) is 0 Å². The first-order chi connectivity index (χ1) is 7.76. The molecule has 2 rings (SSSR count). The van der Waals surface area contributed by atoms with Crippen LogP contribution in [0.15, 0.2) is 18.2 Å². The Morgan fingerprint density at radius 2 is 2.12 bits per heavy atom. The fourth-order valence-electron chi connectivity index (χ4n) is 2.06. The minimum absolute atomic E-state index is 0.149. The highest BCUT2D eigenvalue weighted by Gasteiger charge is 2.30. The van der Waals surface area contributed by atoms with Gasteiger partial charge < -0.3 is 4.74 Å². The van der Waals surface area contributed by atoms with Crippen molar-refractivity contribution in [3.05, 3.63) is 29.3 Å². The van der Waals surface area contributed by atoms with Crippen LogP contribution in [-0.4, -0.2) is 11.9 Å². The highest BCUT2D eigenvalue weighted by atomic mass is 16.5. The molecule has 0 aliphatic carbocycles. The van der Waals surface area contributed by atoms with Crippen molar-refractivity contribution < 1.29 is 9.53 Å². The monoisotopic (exact) mass is 218 g/mol. The van der Waals surface area contributed by atoms with Crippen LogP contribution < -0.4 is 4.74 Å². The predicted octanol–water partition coefficient (Wildman–Crippen LogP) is 3.38. The third kappa shape index (κ3) is 1.97. The maximum absolute atomic E-state index is 11.9. The van der Waals surface area contributed by atoms with Gasteiger partial charge >= 0.3 is 0 Å². The number of carbonyl (C=O) groups excluding carboxylic acids is 1. The van der Waals surface area contributed by atoms with E-state index in [2.05, 4.69) is 13.0 Å². The zero-order valence-corrected chi connectivity index (χ0v) is 9.95. The standard InChI is InChI=1S/C14H18O2/c1-3-5-6-10-7-8-13-11(9-10)14(15)12(4-2)16-13/h7-9,12H,3-6H2,1-2H3. The lowest BCUT2D eigenvalue weighted by Crippen LogP contribution is -2.18. The van der Waals surface area contributed by atoms with Gasteiger partial charge in [0.2, 0.25) is 5.78 Å². The van der Waals surface area contributed by atoms with E-state index in [9.17, 15) is 4.79 Å². The second kappa shape index (κ2) is 4.69. The summed E-state index contributed by atoms with van der Waals surface area (Å²) in [6.07, 6.45) is 3.90. The Labute approximate surface area is 96.6 Å². The van der Waals surface area contributed by atoms with Crippen LogP contribution in [0.2, 0.25) is 0 Å². The van der Waals surface area contributed by atoms with Gasteiger partial charge in [0, 0.05) is 0 Å². The molecule has 1 heterocycles. The number of Topliss-reactive ketones (excluding diaryl/α,β-unsaturated/α-hetero) is 1. The van der Waals surface area contributed by atoms with E-state index >= 15 is 0 Å². The Hall–Kier alpha value is -1.31. The van der Waals surface area contributed by atoms with E-state index in [-0.39, 0.29) is 11.9 Å². The molecule has 16 heavy (non-hydrogen) atoms. The molecule has 86 valence electrons. The predicted molar refractivity (Wildman–Crippen MR) is 64.1 cm³/mol. The van der Waals surface area contributed by atoms with Crippen LogP contribution in [0.1, 0.15) is 49.0 Å². The second-order valence-electron chi connectivity index (χ2n) is 4.31. The van der Waals surface area contributed by atoms with Gasteiger partial charge in [-0.15, -0.1) is 0 Å². The van der Waals surface area contributed by atoms with Crippen molar-refractivity contribution >= 4 is 5.78 Å². The number of rotatable bonds is 4. The van der Waals surface area contributed by atoms with Gasteiger partial charge in [0.05, 0.1) is 5.56 Å². The molecule has 0 N–H and O–H groups in total. The summed E-state index contributed by atoms with van der Waals surface area (Å²) >= 11 is 0. The molecule has 0 fully saturated rings. The normalized spacial score (nSPS) is 18.4. The Morgan fingerprint density at radius 3 is 2.81 bits per heavy atom. The third-order valence-corrected chi connectivity index (χ3v) is 3.06. The quantitative estimate of drug-likeness (QED) is 0.774. The van der Waals surface area contributed by atoms with Gasteiger partial charge in [-0.1, -0.05) is 26.3 Å². The fourth-order valence-corrected chi connectivity index (χ4v) is 2.06. The molecule has 0 amide bonds. The molecule has 0 spiro atoms. The molecule has 0 bridgehead atoms. The van der Waals surface area contributed by atoms with Crippen molar-refractivity contribution in [3.8, 4) is 5.75 Å². The molecule has 0 aromatic heterocycles. The maximum atomic E-state index is 11.9. The lowest BCUT2D eigenvalue weighted by atomic mass is 10.0. The molecule has 1 aromatic rings. The largest absolute Gasteiger partial charge is 0.482 e. The minimum Gasteiger partial charge on any atom is -0.482 e. The number of ether oxygens (including phenoxy) is 1. The van der Waals surface area contributed by atoms with E-state index in [1.54, 1.807) is 0 Å². The summed E-state index contributed by atoms with van der Waals surface area (Å²) in [5.74, 6) is 0.910. The van der Waals surface area contributed by atoms with Crippen molar-refractivity contribution in [2.75, 3.05) is 0 Å². The zero-order valence-electron chi connectivity index (χ0n) is 9.95. The Morgan fingerprint density at radius 1 is 1.31 bits per heavy atom. The van der Waals surface area contributed by atoms with Crippen LogP contribution in [-0.2, 0) is 6.42 Å². The lowest BCUT2D eigenvalue weighted by Gasteiger charge is -2.04. The first kappa shape index (κ1) is 11.2. The number of ketones is 1. The fraction of sp³-hybridized carbons (Fsp3) is 0.500. The van der Waals surface area contributed by atoms with Crippen molar-refractivity contribution in [1.82, 2.24) is 0 Å². The average molecular weight is 218 g/mol. The topological polar surface area (TPSA) is 26.3 Å². The van der Waals surface area contributed by atoms with Gasteiger partial charge in [-0.05, 0) is 37.0 Å². The van der Waals surface area contributed by atoms with Crippen molar-refractivity contribution in [2.45, 2.75) is 45.6 Å². The van der Waals surface area contributed by atoms with Gasteiger partial charge in [0.15, 0.2) is 6.10 Å². The number of fused-ring (bicyclic) bond motifs is 1. The highest BCUT2D eigenvalue weighted by molar-refractivity contribution is 6.04. The summed E-state index contributed by atoms with van der Waals surface area (Å²) in [6.45, 7) is 4.15.